The number of allylic oxidation sites excluding steroid dienone is 2. The Labute approximate surface area is 75.6 Å². The van der Waals surface area contributed by atoms with Gasteiger partial charge in [-0.2, -0.15) is 6.42 Å². The van der Waals surface area contributed by atoms with Crippen molar-refractivity contribution in [3.05, 3.63) is 18.6 Å². The normalized spacial score (nSPS) is 40.0. The summed E-state index contributed by atoms with van der Waals surface area (Å²) in [7, 11) is 0. The molecule has 2 rings (SSSR count). The molecule has 8 heavy (non-hydrogen) atoms. The van der Waals surface area contributed by atoms with E-state index < -0.39 is 0 Å². The van der Waals surface area contributed by atoms with E-state index in [4.69, 9.17) is 0 Å². The van der Waals surface area contributed by atoms with Gasteiger partial charge in [0.15, 0.2) is 0 Å². The maximum Gasteiger partial charge on any atom is 0 e. The molecule has 0 nitrogen and oxygen atoms in total. The van der Waals surface area contributed by atoms with Gasteiger partial charge in [0, 0.05) is 32.7 Å². The van der Waals surface area contributed by atoms with Gasteiger partial charge in [-0.05, 0) is 0 Å². The van der Waals surface area contributed by atoms with Crippen LogP contribution in [0.4, 0.5) is 0 Å². The van der Waals surface area contributed by atoms with Gasteiger partial charge >= 0.3 is 0 Å². The van der Waals surface area contributed by atoms with Crippen molar-refractivity contribution >= 4 is 0 Å². The third-order valence-corrected chi connectivity index (χ3v) is 1.95. The molecule has 0 aliphatic heterocycles. The number of hydrogen-bond donors (Lipinski definition) is 0. The Balaban J connectivity index is 0.000000320. The smallest absolute Gasteiger partial charge is 0 e. The molecule has 2 bridgehead atoms. The van der Waals surface area contributed by atoms with Gasteiger partial charge in [0.05, 0.1) is 0 Å². The number of fused-ring (bicyclic) bond motifs is 2. The predicted molar refractivity (Wildman–Crippen MR) is 29.7 cm³/mol. The fraction of sp³-hybridized carbons (Fsp3) is 0.571. The van der Waals surface area contributed by atoms with E-state index in [0.717, 1.165) is 11.8 Å². The minimum absolute atomic E-state index is 0. The summed E-state index contributed by atoms with van der Waals surface area (Å²) in [5.41, 5.74) is 0. The van der Waals surface area contributed by atoms with E-state index in [1.165, 1.54) is 12.8 Å². The minimum atomic E-state index is 0. The van der Waals surface area contributed by atoms with E-state index in [0.29, 0.717) is 0 Å². The molecule has 2 aliphatic carbocycles. The van der Waals surface area contributed by atoms with Crippen LogP contribution in [0.15, 0.2) is 12.2 Å². The first-order chi connectivity index (χ1) is 3.45. The van der Waals surface area contributed by atoms with Crippen molar-refractivity contribution in [3.63, 3.8) is 0 Å². The summed E-state index contributed by atoms with van der Waals surface area (Å²) in [4.78, 5) is 0. The van der Waals surface area contributed by atoms with E-state index >= 15 is 0 Å². The van der Waals surface area contributed by atoms with Crippen molar-refractivity contribution in [3.8, 4) is 0 Å². The molecule has 0 aromatic heterocycles. The zero-order chi connectivity index (χ0) is 4.69. The second kappa shape index (κ2) is 2.62. The Hall–Kier alpha value is 0.844. The van der Waals surface area contributed by atoms with Crippen molar-refractivity contribution < 1.29 is 32.7 Å². The van der Waals surface area contributed by atoms with Crippen LogP contribution in [0.3, 0.4) is 0 Å². The first kappa shape index (κ1) is 6.96. The second-order valence-corrected chi connectivity index (χ2v) is 2.52. The molecule has 0 spiro atoms. The van der Waals surface area contributed by atoms with E-state index in [2.05, 4.69) is 18.6 Å². The summed E-state index contributed by atoms with van der Waals surface area (Å²) in [6.07, 6.45) is 9.87. The molecule has 1 heteroatoms. The van der Waals surface area contributed by atoms with Crippen LogP contribution in [0.1, 0.15) is 12.8 Å². The molecule has 0 saturated heterocycles. The molecule has 1 saturated carbocycles. The van der Waals surface area contributed by atoms with Crippen LogP contribution in [-0.4, -0.2) is 0 Å². The Kier molecular flexibility index (Phi) is 2.28. The van der Waals surface area contributed by atoms with Crippen molar-refractivity contribution in [2.24, 2.45) is 11.8 Å². The Morgan fingerprint density at radius 2 is 2.25 bits per heavy atom. The average Bonchev–Trinajstić information content (AvgIpc) is 2.22. The molecule has 1 radical (unpaired) electrons. The molecule has 2 atom stereocenters. The maximum atomic E-state index is 2.42. The van der Waals surface area contributed by atoms with Crippen LogP contribution >= 0.6 is 0 Å². The third kappa shape index (κ3) is 1.06. The van der Waals surface area contributed by atoms with E-state index in [1.807, 2.05) is 0 Å². The van der Waals surface area contributed by atoms with E-state index in [9.17, 15) is 0 Å². The fourth-order valence-corrected chi connectivity index (χ4v) is 1.51. The quantitative estimate of drug-likeness (QED) is 0.395. The zero-order valence-corrected chi connectivity index (χ0v) is 7.72. The molecule has 2 unspecified atom stereocenters. The van der Waals surface area contributed by atoms with E-state index in [-0.39, 0.29) is 32.7 Å². The molecule has 0 heterocycles. The van der Waals surface area contributed by atoms with Crippen LogP contribution in [0.5, 0.6) is 0 Å². The molecule has 1 fully saturated rings. The van der Waals surface area contributed by atoms with Crippen molar-refractivity contribution in [2.45, 2.75) is 12.8 Å². The van der Waals surface area contributed by atoms with Gasteiger partial charge in [0.25, 0.3) is 0 Å². The Bertz CT molecular complexity index is 95.0. The molecule has 0 aromatic rings. The molecule has 2 aliphatic rings. The number of hydrogen-bond acceptors (Lipinski definition) is 0. The molecule has 0 amide bonds. The summed E-state index contributed by atoms with van der Waals surface area (Å²) in [6, 6.07) is 0. The molecule has 0 aromatic carbocycles. The molecule has 0 N–H and O–H groups in total. The predicted octanol–water partition coefficient (Wildman–Crippen LogP) is 1.78. The standard InChI is InChI=1S/C7H9.Y/c1-2-7-4-3-6(1)5-7;/h1-3,6-7H,4-5H2;/q-1;. The SMILES string of the molecule is C1=CC2C[CH-]C1C2.[Y]. The Morgan fingerprint density at radius 3 is 2.38 bits per heavy atom. The minimum Gasteiger partial charge on any atom is -0.321 e. The van der Waals surface area contributed by atoms with E-state index in [1.54, 1.807) is 0 Å². The monoisotopic (exact) mass is 182 g/mol. The van der Waals surface area contributed by atoms with Crippen LogP contribution in [-0.2, 0) is 32.7 Å². The summed E-state index contributed by atoms with van der Waals surface area (Å²) >= 11 is 0. The summed E-state index contributed by atoms with van der Waals surface area (Å²) in [5.74, 6) is 1.80. The topological polar surface area (TPSA) is 0 Å². The molecule has 41 valence electrons. The van der Waals surface area contributed by atoms with Gasteiger partial charge in [-0.3, -0.25) is 0 Å². The third-order valence-electron chi connectivity index (χ3n) is 1.95. The fourth-order valence-electron chi connectivity index (χ4n) is 1.51. The first-order valence-electron chi connectivity index (χ1n) is 2.97. The Morgan fingerprint density at radius 1 is 1.38 bits per heavy atom. The van der Waals surface area contributed by atoms with Gasteiger partial charge in [0.1, 0.15) is 0 Å². The first-order valence-corrected chi connectivity index (χ1v) is 2.97. The zero-order valence-electron chi connectivity index (χ0n) is 4.88. The van der Waals surface area contributed by atoms with Gasteiger partial charge in [0.2, 0.25) is 0 Å². The van der Waals surface area contributed by atoms with Crippen LogP contribution in [0.2, 0.25) is 0 Å². The van der Waals surface area contributed by atoms with Crippen molar-refractivity contribution in [1.82, 2.24) is 0 Å². The van der Waals surface area contributed by atoms with Crippen molar-refractivity contribution in [1.29, 1.82) is 0 Å². The summed E-state index contributed by atoms with van der Waals surface area (Å²) < 4.78 is 0. The maximum absolute atomic E-state index is 2.42. The van der Waals surface area contributed by atoms with Gasteiger partial charge < -0.3 is 6.42 Å². The largest absolute Gasteiger partial charge is 0.321 e. The van der Waals surface area contributed by atoms with Crippen LogP contribution < -0.4 is 0 Å². The van der Waals surface area contributed by atoms with Gasteiger partial charge in [-0.15, -0.1) is 12.0 Å². The van der Waals surface area contributed by atoms with Crippen LogP contribution in [0, 0.1) is 18.3 Å². The van der Waals surface area contributed by atoms with Crippen molar-refractivity contribution in [2.75, 3.05) is 0 Å². The molecular weight excluding hydrogens is 173 g/mol. The average molecular weight is 182 g/mol. The van der Waals surface area contributed by atoms with Gasteiger partial charge in [-0.1, -0.05) is 18.4 Å². The summed E-state index contributed by atoms with van der Waals surface area (Å²) in [5, 5.41) is 0. The number of rotatable bonds is 0. The second-order valence-electron chi connectivity index (χ2n) is 2.52. The molecular formula is C7H9Y-. The summed E-state index contributed by atoms with van der Waals surface area (Å²) in [6.45, 7) is 0. The van der Waals surface area contributed by atoms with Crippen LogP contribution in [0.25, 0.3) is 0 Å². The van der Waals surface area contributed by atoms with Gasteiger partial charge in [-0.25, -0.2) is 0 Å².